The van der Waals surface area contributed by atoms with Crippen LogP contribution >= 0.6 is 0 Å². The van der Waals surface area contributed by atoms with E-state index in [2.05, 4.69) is 0 Å². The van der Waals surface area contributed by atoms with Gasteiger partial charge in [-0.15, -0.1) is 0 Å². The summed E-state index contributed by atoms with van der Waals surface area (Å²) in [6, 6.07) is 6.84. The first kappa shape index (κ1) is 19.6. The standard InChI is InChI=1S/C19H23NO6/c1-4-26-19(22)15-9-10-17(21)18(12(15)2)16(11-20(23)24)13-5-7-14(25-3)8-6-13/h5-8,15-16H,4,9-11H2,1-3H3/t15-,16-/m0/s1. The van der Waals surface area contributed by atoms with Gasteiger partial charge in [-0.1, -0.05) is 17.7 Å². The fourth-order valence-corrected chi connectivity index (χ4v) is 3.39. The van der Waals surface area contributed by atoms with Crippen molar-refractivity contribution >= 4 is 11.8 Å². The van der Waals surface area contributed by atoms with Crippen molar-refractivity contribution in [3.05, 3.63) is 51.1 Å². The number of Topliss-reactive ketones (excluding diaryl/α,β-unsaturated/α-hetero) is 1. The Hall–Kier alpha value is -2.70. The van der Waals surface area contributed by atoms with E-state index in [1.807, 2.05) is 0 Å². The fraction of sp³-hybridized carbons (Fsp3) is 0.474. The van der Waals surface area contributed by atoms with Crippen LogP contribution in [0.1, 0.15) is 38.2 Å². The average Bonchev–Trinajstić information content (AvgIpc) is 2.61. The lowest BCUT2D eigenvalue weighted by Crippen LogP contribution is -2.30. The Morgan fingerprint density at radius 2 is 2.00 bits per heavy atom. The molecule has 0 heterocycles. The van der Waals surface area contributed by atoms with Crippen LogP contribution in [0.25, 0.3) is 0 Å². The predicted molar refractivity (Wildman–Crippen MR) is 94.7 cm³/mol. The number of methoxy groups -OCH3 is 1. The maximum Gasteiger partial charge on any atom is 0.313 e. The molecule has 0 N–H and O–H groups in total. The molecule has 2 rings (SSSR count). The lowest BCUT2D eigenvalue weighted by atomic mass is 9.75. The first-order chi connectivity index (χ1) is 12.4. The zero-order valence-electron chi connectivity index (χ0n) is 15.2. The zero-order valence-corrected chi connectivity index (χ0v) is 15.2. The van der Waals surface area contributed by atoms with Gasteiger partial charge in [0, 0.05) is 16.9 Å². The fourth-order valence-electron chi connectivity index (χ4n) is 3.39. The SMILES string of the molecule is CCOC(=O)[C@H]1CCC(=O)C([C@@H](C[N+](=O)[O-])c2ccc(OC)cc2)=C1C. The molecule has 7 nitrogen and oxygen atoms in total. The zero-order chi connectivity index (χ0) is 19.3. The van der Waals surface area contributed by atoms with E-state index in [0.29, 0.717) is 28.9 Å². The number of nitrogens with zero attached hydrogens (tertiary/aromatic N) is 1. The van der Waals surface area contributed by atoms with Gasteiger partial charge in [0.2, 0.25) is 6.54 Å². The van der Waals surface area contributed by atoms with Gasteiger partial charge in [0.1, 0.15) is 5.75 Å². The van der Waals surface area contributed by atoms with Gasteiger partial charge in [0.25, 0.3) is 0 Å². The molecule has 0 bridgehead atoms. The second kappa shape index (κ2) is 8.60. The van der Waals surface area contributed by atoms with E-state index in [1.54, 1.807) is 38.1 Å². The minimum Gasteiger partial charge on any atom is -0.497 e. The monoisotopic (exact) mass is 361 g/mol. The third-order valence-electron chi connectivity index (χ3n) is 4.68. The smallest absolute Gasteiger partial charge is 0.313 e. The van der Waals surface area contributed by atoms with Crippen molar-refractivity contribution < 1.29 is 24.0 Å². The molecule has 0 amide bonds. The lowest BCUT2D eigenvalue weighted by Gasteiger charge is -2.28. The maximum atomic E-state index is 12.6. The highest BCUT2D eigenvalue weighted by atomic mass is 16.6. The van der Waals surface area contributed by atoms with Crippen molar-refractivity contribution in [1.82, 2.24) is 0 Å². The molecule has 2 atom stereocenters. The molecule has 1 aliphatic rings. The highest BCUT2D eigenvalue weighted by molar-refractivity contribution is 6.00. The molecule has 0 aliphatic heterocycles. The number of esters is 1. The van der Waals surface area contributed by atoms with E-state index in [-0.39, 0.29) is 24.8 Å². The number of rotatable bonds is 7. The van der Waals surface area contributed by atoms with Crippen molar-refractivity contribution in [2.45, 2.75) is 32.6 Å². The topological polar surface area (TPSA) is 95.7 Å². The minimum atomic E-state index is -0.708. The molecule has 0 aromatic heterocycles. The number of carbonyl (C=O) groups excluding carboxylic acids is 2. The van der Waals surface area contributed by atoms with Crippen LogP contribution in [0.15, 0.2) is 35.4 Å². The van der Waals surface area contributed by atoms with Gasteiger partial charge in [0.15, 0.2) is 5.78 Å². The van der Waals surface area contributed by atoms with Gasteiger partial charge in [-0.3, -0.25) is 19.7 Å². The number of benzene rings is 1. The van der Waals surface area contributed by atoms with E-state index < -0.39 is 23.3 Å². The predicted octanol–water partition coefficient (Wildman–Crippen LogP) is 2.91. The van der Waals surface area contributed by atoms with Crippen LogP contribution in [0.2, 0.25) is 0 Å². The summed E-state index contributed by atoms with van der Waals surface area (Å²) in [5.74, 6) is -1.15. The summed E-state index contributed by atoms with van der Waals surface area (Å²) in [6.07, 6.45) is 0.557. The molecule has 0 unspecified atom stereocenters. The number of hydrogen-bond acceptors (Lipinski definition) is 6. The molecule has 1 aromatic carbocycles. The molecule has 1 aromatic rings. The summed E-state index contributed by atoms with van der Waals surface area (Å²) in [6.45, 7) is 3.26. The molecule has 0 saturated heterocycles. The molecule has 0 spiro atoms. The maximum absolute atomic E-state index is 12.6. The van der Waals surface area contributed by atoms with E-state index in [4.69, 9.17) is 9.47 Å². The van der Waals surface area contributed by atoms with Crippen LogP contribution in [-0.2, 0) is 14.3 Å². The normalized spacial score (nSPS) is 18.4. The van der Waals surface area contributed by atoms with Crippen molar-refractivity contribution in [1.29, 1.82) is 0 Å². The van der Waals surface area contributed by atoms with E-state index in [0.717, 1.165) is 0 Å². The Labute approximate surface area is 152 Å². The molecular weight excluding hydrogens is 338 g/mol. The van der Waals surface area contributed by atoms with Crippen LogP contribution < -0.4 is 4.74 Å². The number of carbonyl (C=O) groups is 2. The first-order valence-corrected chi connectivity index (χ1v) is 8.55. The van der Waals surface area contributed by atoms with Crippen molar-refractivity contribution in [3.63, 3.8) is 0 Å². The number of hydrogen-bond donors (Lipinski definition) is 0. The summed E-state index contributed by atoms with van der Waals surface area (Å²) in [4.78, 5) is 35.6. The van der Waals surface area contributed by atoms with Gasteiger partial charge in [-0.2, -0.15) is 0 Å². The Morgan fingerprint density at radius 1 is 1.35 bits per heavy atom. The van der Waals surface area contributed by atoms with Crippen LogP contribution in [0.5, 0.6) is 5.75 Å². The molecule has 7 heteroatoms. The second-order valence-electron chi connectivity index (χ2n) is 6.20. The third-order valence-corrected chi connectivity index (χ3v) is 4.68. The number of nitro groups is 1. The van der Waals surface area contributed by atoms with Crippen LogP contribution in [0.3, 0.4) is 0 Å². The number of ketones is 1. The summed E-state index contributed by atoms with van der Waals surface area (Å²) in [5, 5.41) is 11.2. The average molecular weight is 361 g/mol. The molecule has 140 valence electrons. The van der Waals surface area contributed by atoms with Gasteiger partial charge >= 0.3 is 5.97 Å². The summed E-state index contributed by atoms with van der Waals surface area (Å²) >= 11 is 0. The Bertz CT molecular complexity index is 722. The quantitative estimate of drug-likeness (QED) is 0.421. The van der Waals surface area contributed by atoms with Gasteiger partial charge < -0.3 is 9.47 Å². The van der Waals surface area contributed by atoms with Crippen molar-refractivity contribution in [2.24, 2.45) is 5.92 Å². The van der Waals surface area contributed by atoms with E-state index in [9.17, 15) is 19.7 Å². The summed E-state index contributed by atoms with van der Waals surface area (Å²) in [7, 11) is 1.53. The minimum absolute atomic E-state index is 0.147. The summed E-state index contributed by atoms with van der Waals surface area (Å²) in [5.41, 5.74) is 1.58. The Kier molecular flexibility index (Phi) is 6.49. The second-order valence-corrected chi connectivity index (χ2v) is 6.20. The summed E-state index contributed by atoms with van der Waals surface area (Å²) < 4.78 is 10.2. The van der Waals surface area contributed by atoms with Gasteiger partial charge in [-0.05, 0) is 38.0 Å². The first-order valence-electron chi connectivity index (χ1n) is 8.55. The van der Waals surface area contributed by atoms with Gasteiger partial charge in [-0.25, -0.2) is 0 Å². The largest absolute Gasteiger partial charge is 0.497 e. The van der Waals surface area contributed by atoms with E-state index in [1.165, 1.54) is 7.11 Å². The highest BCUT2D eigenvalue weighted by Crippen LogP contribution is 2.37. The molecular formula is C19H23NO6. The Morgan fingerprint density at radius 3 is 2.54 bits per heavy atom. The third kappa shape index (κ3) is 4.28. The molecule has 0 saturated carbocycles. The molecule has 26 heavy (non-hydrogen) atoms. The van der Waals surface area contributed by atoms with Crippen LogP contribution in [0.4, 0.5) is 0 Å². The van der Waals surface area contributed by atoms with E-state index >= 15 is 0 Å². The number of ether oxygens (including phenoxy) is 2. The van der Waals surface area contributed by atoms with Crippen LogP contribution in [0, 0.1) is 16.0 Å². The molecule has 0 fully saturated rings. The lowest BCUT2D eigenvalue weighted by molar-refractivity contribution is -0.481. The molecule has 1 aliphatic carbocycles. The van der Waals surface area contributed by atoms with Crippen LogP contribution in [-0.4, -0.2) is 36.9 Å². The highest BCUT2D eigenvalue weighted by Gasteiger charge is 2.37. The molecule has 0 radical (unpaired) electrons. The van der Waals surface area contributed by atoms with Gasteiger partial charge in [0.05, 0.1) is 25.6 Å². The van der Waals surface area contributed by atoms with Crippen molar-refractivity contribution in [3.8, 4) is 5.75 Å². The Balaban J connectivity index is 2.48. The van der Waals surface area contributed by atoms with Crippen molar-refractivity contribution in [2.75, 3.05) is 20.3 Å².